The average molecular weight is 237 g/mol. The van der Waals surface area contributed by atoms with E-state index in [1.807, 2.05) is 12.1 Å². The summed E-state index contributed by atoms with van der Waals surface area (Å²) in [5, 5.41) is 9.83. The van der Waals surface area contributed by atoms with Gasteiger partial charge in [0.05, 0.1) is 0 Å². The third kappa shape index (κ3) is 2.92. The third-order valence-electron chi connectivity index (χ3n) is 3.13. The van der Waals surface area contributed by atoms with E-state index in [4.69, 9.17) is 0 Å². The normalized spacial score (nSPS) is 17.6. The van der Waals surface area contributed by atoms with Crippen molar-refractivity contribution in [1.82, 2.24) is 4.90 Å². The fourth-order valence-corrected chi connectivity index (χ4v) is 2.64. The lowest BCUT2D eigenvalue weighted by molar-refractivity contribution is 0.218. The lowest BCUT2D eigenvalue weighted by atomic mass is 10.1. The van der Waals surface area contributed by atoms with E-state index < -0.39 is 0 Å². The van der Waals surface area contributed by atoms with Crippen molar-refractivity contribution in [3.8, 4) is 5.75 Å². The molecule has 0 aromatic heterocycles. The van der Waals surface area contributed by atoms with Crippen molar-refractivity contribution in [1.29, 1.82) is 0 Å². The van der Waals surface area contributed by atoms with Crippen molar-refractivity contribution >= 4 is 11.8 Å². The second-order valence-corrected chi connectivity index (χ2v) is 5.21. The summed E-state index contributed by atoms with van der Waals surface area (Å²) in [5.74, 6) is 0.434. The topological polar surface area (TPSA) is 23.5 Å². The number of benzene rings is 1. The van der Waals surface area contributed by atoms with Crippen LogP contribution < -0.4 is 0 Å². The van der Waals surface area contributed by atoms with Gasteiger partial charge in [-0.3, -0.25) is 4.90 Å². The van der Waals surface area contributed by atoms with Crippen molar-refractivity contribution in [3.63, 3.8) is 0 Å². The number of aromatic hydroxyl groups is 1. The largest absolute Gasteiger partial charge is 0.508 e. The van der Waals surface area contributed by atoms with Crippen LogP contribution in [0.2, 0.25) is 0 Å². The molecule has 88 valence electrons. The number of nitrogens with zero attached hydrogens (tertiary/aromatic N) is 1. The fourth-order valence-electron chi connectivity index (χ4n) is 2.17. The Morgan fingerprint density at radius 3 is 2.69 bits per heavy atom. The number of thioether (sulfide) groups is 1. The Hall–Kier alpha value is -0.670. The van der Waals surface area contributed by atoms with Crippen LogP contribution in [0.3, 0.4) is 0 Å². The maximum atomic E-state index is 9.83. The Balaban J connectivity index is 2.06. The molecule has 16 heavy (non-hydrogen) atoms. The lowest BCUT2D eigenvalue weighted by Gasteiger charge is -2.26. The molecule has 0 spiro atoms. The van der Waals surface area contributed by atoms with Gasteiger partial charge in [-0.1, -0.05) is 6.42 Å². The van der Waals surface area contributed by atoms with Gasteiger partial charge in [-0.05, 0) is 50.4 Å². The molecule has 1 aromatic rings. The molecule has 0 unspecified atom stereocenters. The van der Waals surface area contributed by atoms with E-state index >= 15 is 0 Å². The Kier molecular flexibility index (Phi) is 4.13. The van der Waals surface area contributed by atoms with Crippen molar-refractivity contribution < 1.29 is 5.11 Å². The van der Waals surface area contributed by atoms with Gasteiger partial charge in [0.2, 0.25) is 0 Å². The van der Waals surface area contributed by atoms with Crippen molar-refractivity contribution in [2.45, 2.75) is 30.7 Å². The standard InChI is InChI=1S/C13H19NOS/c1-16-12-5-6-13(15)11(9-12)10-14-7-3-2-4-8-14/h5-6,9,15H,2-4,7-8,10H2,1H3. The van der Waals surface area contributed by atoms with Gasteiger partial charge < -0.3 is 5.11 Å². The molecule has 1 heterocycles. The molecule has 1 aromatic carbocycles. The summed E-state index contributed by atoms with van der Waals surface area (Å²) in [6.45, 7) is 3.23. The quantitative estimate of drug-likeness (QED) is 0.817. The number of likely N-dealkylation sites (tertiary alicyclic amines) is 1. The van der Waals surface area contributed by atoms with Gasteiger partial charge in [-0.15, -0.1) is 11.8 Å². The van der Waals surface area contributed by atoms with Crippen LogP contribution in [0.25, 0.3) is 0 Å². The highest BCUT2D eigenvalue weighted by atomic mass is 32.2. The Labute approximate surface area is 102 Å². The Morgan fingerprint density at radius 2 is 2.00 bits per heavy atom. The fraction of sp³-hybridized carbons (Fsp3) is 0.538. The van der Waals surface area contributed by atoms with Gasteiger partial charge in [0.15, 0.2) is 0 Å². The second-order valence-electron chi connectivity index (χ2n) is 4.33. The molecule has 0 saturated carbocycles. The first-order valence-electron chi connectivity index (χ1n) is 5.88. The summed E-state index contributed by atoms with van der Waals surface area (Å²) in [4.78, 5) is 3.66. The molecule has 0 aliphatic carbocycles. The monoisotopic (exact) mass is 237 g/mol. The van der Waals surface area contributed by atoms with E-state index in [0.29, 0.717) is 5.75 Å². The minimum absolute atomic E-state index is 0.434. The zero-order chi connectivity index (χ0) is 11.4. The van der Waals surface area contributed by atoms with E-state index in [1.165, 1.54) is 37.2 Å². The minimum Gasteiger partial charge on any atom is -0.508 e. The van der Waals surface area contributed by atoms with E-state index in [9.17, 15) is 5.11 Å². The van der Waals surface area contributed by atoms with Crippen LogP contribution in [0.1, 0.15) is 24.8 Å². The van der Waals surface area contributed by atoms with Gasteiger partial charge >= 0.3 is 0 Å². The highest BCUT2D eigenvalue weighted by molar-refractivity contribution is 7.98. The summed E-state index contributed by atoms with van der Waals surface area (Å²) < 4.78 is 0. The van der Waals surface area contributed by atoms with Crippen LogP contribution in [0, 0.1) is 0 Å². The molecule has 2 nitrogen and oxygen atoms in total. The third-order valence-corrected chi connectivity index (χ3v) is 3.85. The van der Waals surface area contributed by atoms with Crippen LogP contribution >= 0.6 is 11.8 Å². The molecule has 0 bridgehead atoms. The molecule has 0 radical (unpaired) electrons. The number of hydrogen-bond acceptors (Lipinski definition) is 3. The van der Waals surface area contributed by atoms with Crippen molar-refractivity contribution in [2.24, 2.45) is 0 Å². The summed E-state index contributed by atoms with van der Waals surface area (Å²) in [6, 6.07) is 5.89. The first kappa shape index (κ1) is 11.8. The van der Waals surface area contributed by atoms with E-state index in [1.54, 1.807) is 11.8 Å². The molecule has 0 amide bonds. The Bertz CT molecular complexity index is 348. The lowest BCUT2D eigenvalue weighted by Crippen LogP contribution is -2.29. The van der Waals surface area contributed by atoms with Gasteiger partial charge in [0.1, 0.15) is 5.75 Å². The molecule has 0 atom stereocenters. The van der Waals surface area contributed by atoms with Crippen molar-refractivity contribution in [2.75, 3.05) is 19.3 Å². The van der Waals surface area contributed by atoms with Gasteiger partial charge in [-0.2, -0.15) is 0 Å². The number of phenols is 1. The summed E-state index contributed by atoms with van der Waals surface area (Å²) in [7, 11) is 0. The van der Waals surface area contributed by atoms with E-state index in [2.05, 4.69) is 17.2 Å². The smallest absolute Gasteiger partial charge is 0.120 e. The number of piperidine rings is 1. The van der Waals surface area contributed by atoms with Crippen LogP contribution in [0.5, 0.6) is 5.75 Å². The first-order chi connectivity index (χ1) is 7.79. The molecule has 1 saturated heterocycles. The summed E-state index contributed by atoms with van der Waals surface area (Å²) in [6.07, 6.45) is 6.01. The predicted molar refractivity (Wildman–Crippen MR) is 69.0 cm³/mol. The molecule has 1 aliphatic heterocycles. The van der Waals surface area contributed by atoms with Crippen LogP contribution in [-0.4, -0.2) is 29.4 Å². The summed E-state index contributed by atoms with van der Waals surface area (Å²) in [5.41, 5.74) is 1.06. The van der Waals surface area contributed by atoms with Gasteiger partial charge in [0, 0.05) is 17.0 Å². The predicted octanol–water partition coefficient (Wildman–Crippen LogP) is 3.10. The zero-order valence-corrected chi connectivity index (χ0v) is 10.6. The van der Waals surface area contributed by atoms with E-state index in [-0.39, 0.29) is 0 Å². The Morgan fingerprint density at radius 1 is 1.25 bits per heavy atom. The SMILES string of the molecule is CSc1ccc(O)c(CN2CCCCC2)c1. The number of hydrogen-bond donors (Lipinski definition) is 1. The average Bonchev–Trinajstić information content (AvgIpc) is 2.33. The highest BCUT2D eigenvalue weighted by Gasteiger charge is 2.12. The molecule has 1 fully saturated rings. The van der Waals surface area contributed by atoms with Crippen LogP contribution in [0.4, 0.5) is 0 Å². The molecule has 1 N–H and O–H groups in total. The molecule has 1 aliphatic rings. The van der Waals surface area contributed by atoms with E-state index in [0.717, 1.165) is 12.1 Å². The minimum atomic E-state index is 0.434. The second kappa shape index (κ2) is 5.60. The number of rotatable bonds is 3. The molecule has 3 heteroatoms. The van der Waals surface area contributed by atoms with Crippen LogP contribution in [0.15, 0.2) is 23.1 Å². The summed E-state index contributed by atoms with van der Waals surface area (Å²) >= 11 is 1.72. The molecule has 2 rings (SSSR count). The maximum Gasteiger partial charge on any atom is 0.120 e. The maximum absolute atomic E-state index is 9.83. The van der Waals surface area contributed by atoms with Crippen molar-refractivity contribution in [3.05, 3.63) is 23.8 Å². The van der Waals surface area contributed by atoms with Gasteiger partial charge in [-0.25, -0.2) is 0 Å². The first-order valence-corrected chi connectivity index (χ1v) is 7.10. The number of phenolic OH excluding ortho intramolecular Hbond substituents is 1. The molecular weight excluding hydrogens is 218 g/mol. The molecular formula is C13H19NOS. The van der Waals surface area contributed by atoms with Gasteiger partial charge in [0.25, 0.3) is 0 Å². The highest BCUT2D eigenvalue weighted by Crippen LogP contribution is 2.25. The zero-order valence-electron chi connectivity index (χ0n) is 9.78. The van der Waals surface area contributed by atoms with Crippen LogP contribution in [-0.2, 0) is 6.54 Å².